The highest BCUT2D eigenvalue weighted by Gasteiger charge is 2.34. The average Bonchev–Trinajstić information content (AvgIpc) is 3.19. The monoisotopic (exact) mass is 306 g/mol. The topological polar surface area (TPSA) is 46.3 Å². The van der Waals surface area contributed by atoms with E-state index in [4.69, 9.17) is 17.3 Å². The van der Waals surface area contributed by atoms with Crippen LogP contribution in [0, 0.1) is 0 Å². The number of nitrogens with zero attached hydrogens (tertiary/aromatic N) is 1. The quantitative estimate of drug-likeness (QED) is 0.874. The van der Waals surface area contributed by atoms with Gasteiger partial charge in [-0.25, -0.2) is 0 Å². The Morgan fingerprint density at radius 3 is 2.55 bits per heavy atom. The molecular formula is C15H15ClN2OS. The predicted molar refractivity (Wildman–Crippen MR) is 83.1 cm³/mol. The van der Waals surface area contributed by atoms with Crippen LogP contribution < -0.4 is 5.73 Å². The normalized spacial score (nSPS) is 14.2. The highest BCUT2D eigenvalue weighted by atomic mass is 35.5. The maximum Gasteiger partial charge on any atom is 0.266 e. The first-order valence-electron chi connectivity index (χ1n) is 6.53. The molecule has 0 radical (unpaired) electrons. The van der Waals surface area contributed by atoms with Crippen molar-refractivity contribution in [3.8, 4) is 0 Å². The second kappa shape index (κ2) is 5.46. The molecule has 1 heterocycles. The standard InChI is InChI=1S/C15H15ClN2OS/c16-13-7-8-20-14(13)15(19)18(12-5-6-12)9-10-1-3-11(17)4-2-10/h1-4,7-8,12H,5-6,9,17H2. The molecule has 1 aromatic heterocycles. The second-order valence-corrected chi connectivity index (χ2v) is 6.33. The van der Waals surface area contributed by atoms with Crippen molar-refractivity contribution >= 4 is 34.5 Å². The minimum Gasteiger partial charge on any atom is -0.399 e. The lowest BCUT2D eigenvalue weighted by molar-refractivity contribution is 0.0735. The Bertz CT molecular complexity index is 619. The van der Waals surface area contributed by atoms with Crippen LogP contribution in [0.25, 0.3) is 0 Å². The number of amides is 1. The fraction of sp³-hybridized carbons (Fsp3) is 0.267. The molecule has 0 aliphatic heterocycles. The Kier molecular flexibility index (Phi) is 3.68. The van der Waals surface area contributed by atoms with Crippen molar-refractivity contribution in [3.63, 3.8) is 0 Å². The molecule has 3 nitrogen and oxygen atoms in total. The molecule has 5 heteroatoms. The highest BCUT2D eigenvalue weighted by Crippen LogP contribution is 2.32. The molecule has 2 aromatic rings. The Hall–Kier alpha value is -1.52. The van der Waals surface area contributed by atoms with E-state index in [1.54, 1.807) is 6.07 Å². The maximum atomic E-state index is 12.6. The molecule has 1 aliphatic rings. The molecule has 0 bridgehead atoms. The van der Waals surface area contributed by atoms with Gasteiger partial charge in [-0.05, 0) is 42.0 Å². The van der Waals surface area contributed by atoms with E-state index in [-0.39, 0.29) is 5.91 Å². The van der Waals surface area contributed by atoms with Crippen molar-refractivity contribution in [3.05, 3.63) is 51.2 Å². The molecule has 1 aliphatic carbocycles. The Morgan fingerprint density at radius 1 is 1.30 bits per heavy atom. The zero-order valence-electron chi connectivity index (χ0n) is 10.9. The number of nitrogens with two attached hydrogens (primary N) is 1. The number of halogens is 1. The third-order valence-corrected chi connectivity index (χ3v) is 4.72. The van der Waals surface area contributed by atoms with Crippen molar-refractivity contribution in [2.24, 2.45) is 0 Å². The first kappa shape index (κ1) is 13.5. The van der Waals surface area contributed by atoms with Crippen LogP contribution in [0.1, 0.15) is 28.1 Å². The molecule has 0 spiro atoms. The number of rotatable bonds is 4. The van der Waals surface area contributed by atoms with Gasteiger partial charge in [0.15, 0.2) is 0 Å². The van der Waals surface area contributed by atoms with Crippen LogP contribution >= 0.6 is 22.9 Å². The number of thiophene rings is 1. The average molecular weight is 307 g/mol. The first-order valence-corrected chi connectivity index (χ1v) is 7.79. The molecule has 2 N–H and O–H groups in total. The van der Waals surface area contributed by atoms with Gasteiger partial charge >= 0.3 is 0 Å². The van der Waals surface area contributed by atoms with Gasteiger partial charge in [0.2, 0.25) is 0 Å². The molecule has 0 atom stereocenters. The minimum absolute atomic E-state index is 0.0318. The molecule has 104 valence electrons. The summed E-state index contributed by atoms with van der Waals surface area (Å²) in [5.41, 5.74) is 7.52. The molecule has 1 aromatic carbocycles. The lowest BCUT2D eigenvalue weighted by Crippen LogP contribution is -2.32. The van der Waals surface area contributed by atoms with E-state index >= 15 is 0 Å². The van der Waals surface area contributed by atoms with Crippen molar-refractivity contribution in [1.82, 2.24) is 4.90 Å². The zero-order chi connectivity index (χ0) is 14.1. The molecule has 20 heavy (non-hydrogen) atoms. The van der Waals surface area contributed by atoms with E-state index in [1.807, 2.05) is 34.5 Å². The Labute approximate surface area is 127 Å². The largest absolute Gasteiger partial charge is 0.399 e. The van der Waals surface area contributed by atoms with Crippen LogP contribution in [0.5, 0.6) is 0 Å². The summed E-state index contributed by atoms with van der Waals surface area (Å²) in [7, 11) is 0. The van der Waals surface area contributed by atoms with Crippen LogP contribution in [-0.2, 0) is 6.54 Å². The van der Waals surface area contributed by atoms with E-state index in [1.165, 1.54) is 11.3 Å². The van der Waals surface area contributed by atoms with Gasteiger partial charge in [-0.15, -0.1) is 11.3 Å². The molecule has 1 saturated carbocycles. The van der Waals surface area contributed by atoms with Gasteiger partial charge in [-0.1, -0.05) is 23.7 Å². The number of carbonyl (C=O) groups excluding carboxylic acids is 1. The molecule has 0 unspecified atom stereocenters. The Morgan fingerprint density at radius 2 is 2.00 bits per heavy atom. The van der Waals surface area contributed by atoms with Gasteiger partial charge < -0.3 is 10.6 Å². The zero-order valence-corrected chi connectivity index (χ0v) is 12.5. The SMILES string of the molecule is Nc1ccc(CN(C(=O)c2sccc2Cl)C2CC2)cc1. The number of hydrogen-bond acceptors (Lipinski definition) is 3. The van der Waals surface area contributed by atoms with E-state index in [2.05, 4.69) is 0 Å². The van der Waals surface area contributed by atoms with Gasteiger partial charge in [0.25, 0.3) is 5.91 Å². The number of nitrogen functional groups attached to an aromatic ring is 1. The van der Waals surface area contributed by atoms with Gasteiger partial charge in [0.05, 0.1) is 5.02 Å². The Balaban J connectivity index is 1.81. The van der Waals surface area contributed by atoms with Crippen LogP contribution in [0.15, 0.2) is 35.7 Å². The molecule has 1 amide bonds. The summed E-state index contributed by atoms with van der Waals surface area (Å²) >= 11 is 7.48. The van der Waals surface area contributed by atoms with Crippen LogP contribution in [0.2, 0.25) is 5.02 Å². The van der Waals surface area contributed by atoms with E-state index in [0.29, 0.717) is 22.5 Å². The summed E-state index contributed by atoms with van der Waals surface area (Å²) in [6.07, 6.45) is 2.15. The fourth-order valence-electron chi connectivity index (χ4n) is 2.15. The molecule has 3 rings (SSSR count). The lowest BCUT2D eigenvalue weighted by Gasteiger charge is -2.22. The van der Waals surface area contributed by atoms with Crippen molar-refractivity contribution in [2.45, 2.75) is 25.4 Å². The summed E-state index contributed by atoms with van der Waals surface area (Å²) in [5, 5.41) is 2.40. The van der Waals surface area contributed by atoms with Crippen LogP contribution in [-0.4, -0.2) is 16.8 Å². The maximum absolute atomic E-state index is 12.6. The predicted octanol–water partition coefficient (Wildman–Crippen LogP) is 3.79. The summed E-state index contributed by atoms with van der Waals surface area (Å²) in [4.78, 5) is 15.2. The summed E-state index contributed by atoms with van der Waals surface area (Å²) in [6.45, 7) is 0.609. The smallest absolute Gasteiger partial charge is 0.266 e. The first-order chi connectivity index (χ1) is 9.65. The summed E-state index contributed by atoms with van der Waals surface area (Å²) < 4.78 is 0. The lowest BCUT2D eigenvalue weighted by atomic mass is 10.2. The van der Waals surface area contributed by atoms with Crippen molar-refractivity contribution in [1.29, 1.82) is 0 Å². The number of anilines is 1. The molecular weight excluding hydrogens is 292 g/mol. The minimum atomic E-state index is 0.0318. The van der Waals surface area contributed by atoms with Gasteiger partial charge in [-0.2, -0.15) is 0 Å². The van der Waals surface area contributed by atoms with E-state index in [9.17, 15) is 4.79 Å². The van der Waals surface area contributed by atoms with Crippen molar-refractivity contribution in [2.75, 3.05) is 5.73 Å². The second-order valence-electron chi connectivity index (χ2n) is 5.00. The van der Waals surface area contributed by atoms with Crippen LogP contribution in [0.3, 0.4) is 0 Å². The van der Waals surface area contributed by atoms with Crippen molar-refractivity contribution < 1.29 is 4.79 Å². The third-order valence-electron chi connectivity index (χ3n) is 3.39. The number of hydrogen-bond donors (Lipinski definition) is 1. The molecule has 0 saturated heterocycles. The van der Waals surface area contributed by atoms with E-state index < -0.39 is 0 Å². The van der Waals surface area contributed by atoms with Gasteiger partial charge in [0, 0.05) is 18.3 Å². The van der Waals surface area contributed by atoms with Gasteiger partial charge in [0.1, 0.15) is 4.88 Å². The highest BCUT2D eigenvalue weighted by molar-refractivity contribution is 7.12. The summed E-state index contributed by atoms with van der Waals surface area (Å²) in [6, 6.07) is 9.78. The molecule has 1 fully saturated rings. The van der Waals surface area contributed by atoms with E-state index in [0.717, 1.165) is 24.1 Å². The third kappa shape index (κ3) is 2.81. The number of carbonyl (C=O) groups is 1. The summed E-state index contributed by atoms with van der Waals surface area (Å²) in [5.74, 6) is 0.0318. The number of benzene rings is 1. The van der Waals surface area contributed by atoms with Crippen LogP contribution in [0.4, 0.5) is 5.69 Å². The van der Waals surface area contributed by atoms with Gasteiger partial charge in [-0.3, -0.25) is 4.79 Å². The fourth-order valence-corrected chi connectivity index (χ4v) is 3.24.